The first-order valence-corrected chi connectivity index (χ1v) is 9.80. The number of carbonyl (C=O) groups excluding carboxylic acids is 1. The zero-order chi connectivity index (χ0) is 18.5. The zero-order valence-electron chi connectivity index (χ0n) is 14.3. The monoisotopic (exact) mass is 413 g/mol. The molecule has 0 radical (unpaired) electrons. The van der Waals surface area contributed by atoms with Crippen molar-refractivity contribution in [3.05, 3.63) is 63.1 Å². The van der Waals surface area contributed by atoms with Crippen LogP contribution in [0.15, 0.2) is 42.5 Å². The van der Waals surface area contributed by atoms with Gasteiger partial charge in [-0.25, -0.2) is 0 Å². The third-order valence-electron chi connectivity index (χ3n) is 4.67. The number of benzene rings is 2. The molecule has 7 heteroatoms. The maximum Gasteiger partial charge on any atom is 0.279 e. The summed E-state index contributed by atoms with van der Waals surface area (Å²) in [5.41, 5.74) is 1.78. The van der Waals surface area contributed by atoms with Gasteiger partial charge in [0.25, 0.3) is 5.91 Å². The van der Waals surface area contributed by atoms with Crippen molar-refractivity contribution in [2.75, 3.05) is 38.0 Å². The predicted octanol–water partition coefficient (Wildman–Crippen LogP) is 1.57. The normalized spacial score (nSPS) is 20.0. The van der Waals surface area contributed by atoms with E-state index < -0.39 is 0 Å². The minimum absolute atomic E-state index is 0.0591. The highest BCUT2D eigenvalue weighted by Gasteiger charge is 2.25. The maximum atomic E-state index is 12.3. The fourth-order valence-electron chi connectivity index (χ4n) is 3.23. The van der Waals surface area contributed by atoms with E-state index in [9.17, 15) is 4.79 Å². The standard InChI is InChI=1S/C19H20Cl3N3O/c20-15-6-4-14(5-7-15)12-24-8-10-25(11-9-24)13-18(26)23-19-16(21)2-1-3-17(19)22/h1-7H,8-13H2,(H,23,26)/p+2. The largest absolute Gasteiger partial charge is 0.322 e. The smallest absolute Gasteiger partial charge is 0.279 e. The van der Waals surface area contributed by atoms with Gasteiger partial charge >= 0.3 is 0 Å². The van der Waals surface area contributed by atoms with Gasteiger partial charge in [-0.1, -0.05) is 53.0 Å². The molecule has 4 nitrogen and oxygen atoms in total. The highest BCUT2D eigenvalue weighted by Crippen LogP contribution is 2.29. The van der Waals surface area contributed by atoms with Gasteiger partial charge in [-0.2, -0.15) is 0 Å². The van der Waals surface area contributed by atoms with Crippen LogP contribution in [-0.4, -0.2) is 38.6 Å². The fourth-order valence-corrected chi connectivity index (χ4v) is 3.85. The molecule has 1 aliphatic rings. The second kappa shape index (κ2) is 9.07. The van der Waals surface area contributed by atoms with E-state index in [1.807, 2.05) is 12.1 Å². The number of halogens is 3. The lowest BCUT2D eigenvalue weighted by Crippen LogP contribution is -3.28. The molecule has 1 aliphatic heterocycles. The van der Waals surface area contributed by atoms with Crippen LogP contribution in [0.4, 0.5) is 5.69 Å². The highest BCUT2D eigenvalue weighted by molar-refractivity contribution is 6.39. The summed E-state index contributed by atoms with van der Waals surface area (Å²) >= 11 is 18.1. The van der Waals surface area contributed by atoms with E-state index in [0.29, 0.717) is 22.3 Å². The molecule has 138 valence electrons. The van der Waals surface area contributed by atoms with Crippen molar-refractivity contribution in [2.24, 2.45) is 0 Å². The molecule has 1 amide bonds. The Kier molecular flexibility index (Phi) is 6.79. The average Bonchev–Trinajstić information content (AvgIpc) is 2.62. The quantitative estimate of drug-likeness (QED) is 0.683. The van der Waals surface area contributed by atoms with E-state index in [4.69, 9.17) is 34.8 Å². The summed E-state index contributed by atoms with van der Waals surface area (Å²) in [7, 11) is 0. The number of para-hydroxylation sites is 1. The van der Waals surface area contributed by atoms with Gasteiger partial charge in [-0.05, 0) is 24.3 Å². The van der Waals surface area contributed by atoms with E-state index in [1.165, 1.54) is 15.4 Å². The summed E-state index contributed by atoms with van der Waals surface area (Å²) in [6.07, 6.45) is 0. The molecule has 0 atom stereocenters. The van der Waals surface area contributed by atoms with Crippen LogP contribution in [0.5, 0.6) is 0 Å². The van der Waals surface area contributed by atoms with Crippen molar-refractivity contribution in [1.82, 2.24) is 0 Å². The Labute approximate surface area is 168 Å². The number of amides is 1. The molecule has 0 aromatic heterocycles. The van der Waals surface area contributed by atoms with Gasteiger partial charge in [-0.15, -0.1) is 0 Å². The third-order valence-corrected chi connectivity index (χ3v) is 5.55. The Morgan fingerprint density at radius 1 is 0.885 bits per heavy atom. The van der Waals surface area contributed by atoms with E-state index in [2.05, 4.69) is 17.4 Å². The van der Waals surface area contributed by atoms with Crippen LogP contribution in [-0.2, 0) is 11.3 Å². The molecule has 3 N–H and O–H groups in total. The van der Waals surface area contributed by atoms with E-state index in [-0.39, 0.29) is 5.91 Å². The second-order valence-corrected chi connectivity index (χ2v) is 7.88. The second-order valence-electron chi connectivity index (χ2n) is 6.62. The van der Waals surface area contributed by atoms with Crippen molar-refractivity contribution >= 4 is 46.4 Å². The summed E-state index contributed by atoms with van der Waals surface area (Å²) in [5, 5.41) is 4.52. The molecule has 0 saturated carbocycles. The maximum absolute atomic E-state index is 12.3. The van der Waals surface area contributed by atoms with Crippen molar-refractivity contribution in [1.29, 1.82) is 0 Å². The zero-order valence-corrected chi connectivity index (χ0v) is 16.6. The van der Waals surface area contributed by atoms with Gasteiger partial charge in [0.15, 0.2) is 6.54 Å². The first-order chi connectivity index (χ1) is 12.5. The molecule has 0 bridgehead atoms. The summed E-state index contributed by atoms with van der Waals surface area (Å²) in [6.45, 7) is 5.43. The van der Waals surface area contributed by atoms with Crippen LogP contribution in [0, 0.1) is 0 Å². The molecule has 2 aromatic carbocycles. The van der Waals surface area contributed by atoms with Gasteiger partial charge in [-0.3, -0.25) is 4.79 Å². The van der Waals surface area contributed by atoms with Crippen molar-refractivity contribution in [2.45, 2.75) is 6.54 Å². The molecule has 0 unspecified atom stereocenters. The molecule has 1 fully saturated rings. The third kappa shape index (κ3) is 5.35. The van der Waals surface area contributed by atoms with Crippen LogP contribution in [0.2, 0.25) is 15.1 Å². The molecule has 0 spiro atoms. The average molecular weight is 415 g/mol. The summed E-state index contributed by atoms with van der Waals surface area (Å²) in [5.74, 6) is -0.0591. The number of anilines is 1. The Balaban J connectivity index is 1.46. The van der Waals surface area contributed by atoms with Crippen LogP contribution >= 0.6 is 34.8 Å². The lowest BCUT2D eigenvalue weighted by Gasteiger charge is -2.29. The predicted molar refractivity (Wildman–Crippen MR) is 107 cm³/mol. The van der Waals surface area contributed by atoms with Crippen LogP contribution < -0.4 is 15.1 Å². The number of quaternary nitrogens is 2. The number of hydrogen-bond acceptors (Lipinski definition) is 1. The molecule has 1 heterocycles. The first kappa shape index (κ1) is 19.5. The van der Waals surface area contributed by atoms with Crippen LogP contribution in [0.25, 0.3) is 0 Å². The van der Waals surface area contributed by atoms with Gasteiger partial charge < -0.3 is 15.1 Å². The van der Waals surface area contributed by atoms with Gasteiger partial charge in [0.1, 0.15) is 32.7 Å². The summed E-state index contributed by atoms with van der Waals surface area (Å²) in [6, 6.07) is 13.2. The first-order valence-electron chi connectivity index (χ1n) is 8.66. The minimum atomic E-state index is -0.0591. The van der Waals surface area contributed by atoms with Gasteiger partial charge in [0.05, 0.1) is 15.7 Å². The lowest BCUT2D eigenvalue weighted by atomic mass is 10.2. The number of nitrogens with one attached hydrogen (secondary N) is 3. The molecule has 1 saturated heterocycles. The molecule has 26 heavy (non-hydrogen) atoms. The van der Waals surface area contributed by atoms with Crippen molar-refractivity contribution < 1.29 is 14.6 Å². The summed E-state index contributed by atoms with van der Waals surface area (Å²) < 4.78 is 0. The number of carbonyl (C=O) groups is 1. The van der Waals surface area contributed by atoms with Crippen molar-refractivity contribution in [3.8, 4) is 0 Å². The topological polar surface area (TPSA) is 38.0 Å². The van der Waals surface area contributed by atoms with Crippen LogP contribution in [0.3, 0.4) is 0 Å². The minimum Gasteiger partial charge on any atom is -0.322 e. The number of rotatable bonds is 5. The SMILES string of the molecule is O=C(C[NH+]1CC[NH+](Cc2ccc(Cl)cc2)CC1)Nc1c(Cl)cccc1Cl. The number of hydrogen-bond donors (Lipinski definition) is 3. The van der Waals surface area contributed by atoms with E-state index in [1.54, 1.807) is 18.2 Å². The van der Waals surface area contributed by atoms with Gasteiger partial charge in [0, 0.05) is 10.6 Å². The molecule has 2 aromatic rings. The molecular formula is C19H22Cl3N3O+2. The Hall–Kier alpha value is -1.30. The van der Waals surface area contributed by atoms with Gasteiger partial charge in [0.2, 0.25) is 0 Å². The van der Waals surface area contributed by atoms with E-state index >= 15 is 0 Å². The highest BCUT2D eigenvalue weighted by atomic mass is 35.5. The molecule has 0 aliphatic carbocycles. The van der Waals surface area contributed by atoms with Crippen molar-refractivity contribution in [3.63, 3.8) is 0 Å². The van der Waals surface area contributed by atoms with E-state index in [0.717, 1.165) is 37.7 Å². The Bertz CT molecular complexity index is 739. The molecular weight excluding hydrogens is 393 g/mol. The lowest BCUT2D eigenvalue weighted by molar-refractivity contribution is -1.02. The number of piperazine rings is 1. The molecule has 3 rings (SSSR count). The Morgan fingerprint density at radius 2 is 1.46 bits per heavy atom. The van der Waals surface area contributed by atoms with Crippen LogP contribution in [0.1, 0.15) is 5.56 Å². The summed E-state index contributed by atoms with van der Waals surface area (Å²) in [4.78, 5) is 15.1. The Morgan fingerprint density at radius 3 is 2.08 bits per heavy atom. The fraction of sp³-hybridized carbons (Fsp3) is 0.316.